The minimum Gasteiger partial charge on any atom is -0.316 e. The van der Waals surface area contributed by atoms with Crippen LogP contribution in [0.2, 0.25) is 0 Å². The van der Waals surface area contributed by atoms with Gasteiger partial charge in [0, 0.05) is 19.5 Å². The van der Waals surface area contributed by atoms with E-state index in [1.807, 2.05) is 0 Å². The van der Waals surface area contributed by atoms with Gasteiger partial charge >= 0.3 is 0 Å². The second kappa shape index (κ2) is 22.7. The maximum atomic E-state index is 2.84. The smallest absolute Gasteiger partial charge is 0.144 e. The summed E-state index contributed by atoms with van der Waals surface area (Å²) < 4.78 is 1.08. The summed E-state index contributed by atoms with van der Waals surface area (Å²) in [6.45, 7) is 9.62. The molecule has 0 N–H and O–H groups in total. The Labute approximate surface area is 205 Å². The average Bonchev–Trinajstić information content (AvgIpc) is 2.75. The zero-order valence-corrected chi connectivity index (χ0v) is 23.7. The molecule has 0 rings (SSSR count). The molecule has 0 heterocycles. The SMILES string of the molecule is CCCCCCCCCCCCN(CCCCCCCCCCCC)C(CC)[N+](C)(C)C. The van der Waals surface area contributed by atoms with Crippen molar-refractivity contribution in [3.63, 3.8) is 0 Å². The molecule has 0 aromatic carbocycles. The summed E-state index contributed by atoms with van der Waals surface area (Å²) in [5, 5.41) is 0. The molecule has 0 aromatic heterocycles. The minimum atomic E-state index is 0.673. The highest BCUT2D eigenvalue weighted by atomic mass is 15.4. The average molecular weight is 454 g/mol. The van der Waals surface area contributed by atoms with Crippen LogP contribution in [0.3, 0.4) is 0 Å². The standard InChI is InChI=1S/C30H65N2/c1-7-10-12-14-16-18-20-22-24-26-28-31(30(9-3)32(4,5)6)29-27-25-23-21-19-17-15-13-11-8-2/h30H,7-29H2,1-6H3/q+1. The summed E-state index contributed by atoms with van der Waals surface area (Å²) in [4.78, 5) is 2.84. The van der Waals surface area contributed by atoms with Gasteiger partial charge in [-0.2, -0.15) is 0 Å². The maximum Gasteiger partial charge on any atom is 0.144 e. The number of unbranched alkanes of at least 4 members (excludes halogenated alkanes) is 18. The molecular weight excluding hydrogens is 388 g/mol. The highest BCUT2D eigenvalue weighted by Gasteiger charge is 2.27. The minimum absolute atomic E-state index is 0.673. The Balaban J connectivity index is 4.02. The molecule has 0 aliphatic heterocycles. The monoisotopic (exact) mass is 454 g/mol. The van der Waals surface area contributed by atoms with Crippen molar-refractivity contribution in [2.24, 2.45) is 0 Å². The van der Waals surface area contributed by atoms with Crippen molar-refractivity contribution < 1.29 is 4.48 Å². The van der Waals surface area contributed by atoms with Gasteiger partial charge in [-0.05, 0) is 12.8 Å². The molecular formula is C30H65N2+. The first kappa shape index (κ1) is 31.9. The molecule has 194 valence electrons. The van der Waals surface area contributed by atoms with Crippen molar-refractivity contribution in [3.8, 4) is 0 Å². The van der Waals surface area contributed by atoms with Gasteiger partial charge in [0.2, 0.25) is 0 Å². The Hall–Kier alpha value is -0.0800. The Morgan fingerprint density at radius 3 is 0.969 bits per heavy atom. The Bertz CT molecular complexity index is 336. The van der Waals surface area contributed by atoms with Crippen LogP contribution in [-0.2, 0) is 0 Å². The number of rotatable bonds is 25. The van der Waals surface area contributed by atoms with E-state index in [1.165, 1.54) is 148 Å². The third-order valence-corrected chi connectivity index (χ3v) is 7.28. The van der Waals surface area contributed by atoms with Gasteiger partial charge in [0.15, 0.2) is 0 Å². The van der Waals surface area contributed by atoms with E-state index in [0.29, 0.717) is 6.17 Å². The van der Waals surface area contributed by atoms with E-state index in [4.69, 9.17) is 0 Å². The van der Waals surface area contributed by atoms with Gasteiger partial charge in [-0.1, -0.05) is 136 Å². The largest absolute Gasteiger partial charge is 0.316 e. The Kier molecular flexibility index (Phi) is 22.6. The number of hydrogen-bond donors (Lipinski definition) is 0. The van der Waals surface area contributed by atoms with Crippen LogP contribution in [0, 0.1) is 0 Å². The van der Waals surface area contributed by atoms with E-state index < -0.39 is 0 Å². The molecule has 32 heavy (non-hydrogen) atoms. The molecule has 0 amide bonds. The van der Waals surface area contributed by atoms with Gasteiger partial charge in [-0.3, -0.25) is 4.90 Å². The van der Waals surface area contributed by atoms with Gasteiger partial charge in [-0.25, -0.2) is 0 Å². The normalized spacial score (nSPS) is 13.2. The lowest BCUT2D eigenvalue weighted by Crippen LogP contribution is -2.55. The van der Waals surface area contributed by atoms with Gasteiger partial charge in [0.25, 0.3) is 0 Å². The Morgan fingerprint density at radius 2 is 0.719 bits per heavy atom. The van der Waals surface area contributed by atoms with Crippen molar-refractivity contribution in [3.05, 3.63) is 0 Å². The van der Waals surface area contributed by atoms with Crippen LogP contribution in [-0.4, -0.2) is 49.8 Å². The first-order valence-corrected chi connectivity index (χ1v) is 15.0. The molecule has 0 saturated carbocycles. The zero-order chi connectivity index (χ0) is 23.9. The summed E-state index contributed by atoms with van der Waals surface area (Å²) in [6.07, 6.45) is 30.6. The summed E-state index contributed by atoms with van der Waals surface area (Å²) in [7, 11) is 7.16. The van der Waals surface area contributed by atoms with E-state index in [0.717, 1.165) is 4.48 Å². The fourth-order valence-corrected chi connectivity index (χ4v) is 5.31. The second-order valence-corrected chi connectivity index (χ2v) is 11.4. The molecule has 2 heteroatoms. The third kappa shape index (κ3) is 19.4. The fourth-order valence-electron chi connectivity index (χ4n) is 5.31. The van der Waals surface area contributed by atoms with E-state index >= 15 is 0 Å². The molecule has 0 aromatic rings. The van der Waals surface area contributed by atoms with Crippen LogP contribution in [0.4, 0.5) is 0 Å². The maximum absolute atomic E-state index is 2.84. The van der Waals surface area contributed by atoms with Gasteiger partial charge < -0.3 is 4.48 Å². The predicted molar refractivity (Wildman–Crippen MR) is 147 cm³/mol. The van der Waals surface area contributed by atoms with Crippen molar-refractivity contribution in [1.29, 1.82) is 0 Å². The lowest BCUT2D eigenvalue weighted by molar-refractivity contribution is -0.908. The first-order valence-electron chi connectivity index (χ1n) is 15.0. The summed E-state index contributed by atoms with van der Waals surface area (Å²) in [5.74, 6) is 0. The van der Waals surface area contributed by atoms with Crippen LogP contribution in [0.5, 0.6) is 0 Å². The molecule has 1 unspecified atom stereocenters. The fraction of sp³-hybridized carbons (Fsp3) is 1.00. The molecule has 0 aliphatic rings. The highest BCUT2D eigenvalue weighted by Crippen LogP contribution is 2.18. The van der Waals surface area contributed by atoms with Gasteiger partial charge in [0.1, 0.15) is 6.17 Å². The van der Waals surface area contributed by atoms with E-state index in [2.05, 4.69) is 46.8 Å². The molecule has 2 nitrogen and oxygen atoms in total. The van der Waals surface area contributed by atoms with Crippen molar-refractivity contribution in [2.45, 2.75) is 162 Å². The molecule has 0 aliphatic carbocycles. The quantitative estimate of drug-likeness (QED) is 0.0755. The van der Waals surface area contributed by atoms with Crippen LogP contribution >= 0.6 is 0 Å². The number of hydrogen-bond acceptors (Lipinski definition) is 1. The lowest BCUT2D eigenvalue weighted by Gasteiger charge is -2.41. The zero-order valence-electron chi connectivity index (χ0n) is 23.7. The Morgan fingerprint density at radius 1 is 0.438 bits per heavy atom. The summed E-state index contributed by atoms with van der Waals surface area (Å²) in [6, 6.07) is 0. The topological polar surface area (TPSA) is 3.24 Å². The molecule has 1 atom stereocenters. The van der Waals surface area contributed by atoms with Crippen molar-refractivity contribution in [1.82, 2.24) is 4.90 Å². The molecule has 0 fully saturated rings. The molecule has 0 spiro atoms. The molecule has 0 saturated heterocycles. The highest BCUT2D eigenvalue weighted by molar-refractivity contribution is 4.64. The van der Waals surface area contributed by atoms with Crippen LogP contribution < -0.4 is 0 Å². The van der Waals surface area contributed by atoms with Crippen LogP contribution in [0.25, 0.3) is 0 Å². The lowest BCUT2D eigenvalue weighted by atomic mass is 10.1. The van der Waals surface area contributed by atoms with E-state index in [9.17, 15) is 0 Å². The van der Waals surface area contributed by atoms with Crippen LogP contribution in [0.15, 0.2) is 0 Å². The predicted octanol–water partition coefficient (Wildman–Crippen LogP) is 9.57. The number of quaternary nitrogens is 1. The van der Waals surface area contributed by atoms with E-state index in [-0.39, 0.29) is 0 Å². The van der Waals surface area contributed by atoms with Crippen LogP contribution in [0.1, 0.15) is 156 Å². The first-order chi connectivity index (χ1) is 15.5. The second-order valence-electron chi connectivity index (χ2n) is 11.4. The van der Waals surface area contributed by atoms with E-state index in [1.54, 1.807) is 0 Å². The number of nitrogens with zero attached hydrogens (tertiary/aromatic N) is 2. The molecule has 0 bridgehead atoms. The third-order valence-electron chi connectivity index (χ3n) is 7.28. The summed E-state index contributed by atoms with van der Waals surface area (Å²) >= 11 is 0. The van der Waals surface area contributed by atoms with Crippen molar-refractivity contribution in [2.75, 3.05) is 34.2 Å². The van der Waals surface area contributed by atoms with Gasteiger partial charge in [0.05, 0.1) is 21.1 Å². The van der Waals surface area contributed by atoms with Gasteiger partial charge in [-0.15, -0.1) is 0 Å². The van der Waals surface area contributed by atoms with Crippen molar-refractivity contribution >= 4 is 0 Å². The summed E-state index contributed by atoms with van der Waals surface area (Å²) in [5.41, 5.74) is 0. The molecule has 0 radical (unpaired) electrons.